The first-order valence-corrected chi connectivity index (χ1v) is 6.23. The Morgan fingerprint density at radius 3 is 3.10 bits per heavy atom. The molecule has 0 radical (unpaired) electrons. The average molecular weight is 291 g/mol. The molecular formula is C12H11ClN6O. The van der Waals surface area contributed by atoms with Gasteiger partial charge in [-0.05, 0) is 23.2 Å². The second-order valence-electron chi connectivity index (χ2n) is 4.00. The summed E-state index contributed by atoms with van der Waals surface area (Å²) < 4.78 is 5.08. The predicted octanol–water partition coefficient (Wildman–Crippen LogP) is 2.02. The van der Waals surface area contributed by atoms with Crippen LogP contribution in [0.25, 0.3) is 11.2 Å². The maximum absolute atomic E-state index is 5.86. The molecule has 0 atom stereocenters. The lowest BCUT2D eigenvalue weighted by molar-refractivity contribution is 0.397. The number of ether oxygens (including phenoxy) is 1. The van der Waals surface area contributed by atoms with Crippen LogP contribution < -0.4 is 10.1 Å². The fourth-order valence-electron chi connectivity index (χ4n) is 1.79. The van der Waals surface area contributed by atoms with Gasteiger partial charge in [-0.2, -0.15) is 9.97 Å². The zero-order valence-electron chi connectivity index (χ0n) is 10.6. The van der Waals surface area contributed by atoms with Gasteiger partial charge in [-0.15, -0.1) is 0 Å². The van der Waals surface area contributed by atoms with Gasteiger partial charge in [-0.1, -0.05) is 0 Å². The number of methoxy groups -OCH3 is 1. The number of imidazole rings is 1. The summed E-state index contributed by atoms with van der Waals surface area (Å²) >= 11 is 5.86. The lowest BCUT2D eigenvalue weighted by Gasteiger charge is -2.07. The molecule has 0 spiro atoms. The summed E-state index contributed by atoms with van der Waals surface area (Å²) in [5.74, 6) is 1.17. The average Bonchev–Trinajstić information content (AvgIpc) is 2.93. The molecule has 3 aromatic heterocycles. The topological polar surface area (TPSA) is 88.6 Å². The second-order valence-corrected chi connectivity index (χ2v) is 4.34. The molecule has 2 N–H and O–H groups in total. The van der Waals surface area contributed by atoms with Crippen molar-refractivity contribution in [3.8, 4) is 5.88 Å². The quantitative estimate of drug-likeness (QED) is 0.715. The lowest BCUT2D eigenvalue weighted by Crippen LogP contribution is -2.03. The Kier molecular flexibility index (Phi) is 3.34. The summed E-state index contributed by atoms with van der Waals surface area (Å²) in [6, 6.07) is 3.74. The van der Waals surface area contributed by atoms with Crippen molar-refractivity contribution < 1.29 is 4.74 Å². The van der Waals surface area contributed by atoms with Crippen LogP contribution in [0.15, 0.2) is 24.7 Å². The van der Waals surface area contributed by atoms with E-state index in [1.165, 1.54) is 0 Å². The lowest BCUT2D eigenvalue weighted by atomic mass is 10.2. The molecule has 0 aliphatic heterocycles. The predicted molar refractivity (Wildman–Crippen MR) is 74.8 cm³/mol. The van der Waals surface area contributed by atoms with E-state index in [0.717, 1.165) is 11.1 Å². The van der Waals surface area contributed by atoms with Crippen molar-refractivity contribution in [3.63, 3.8) is 0 Å². The summed E-state index contributed by atoms with van der Waals surface area (Å²) in [6.45, 7) is 0.556. The number of halogens is 1. The van der Waals surface area contributed by atoms with E-state index < -0.39 is 0 Å². The smallest absolute Gasteiger partial charge is 0.226 e. The molecule has 0 saturated carbocycles. The van der Waals surface area contributed by atoms with E-state index in [4.69, 9.17) is 16.3 Å². The van der Waals surface area contributed by atoms with Crippen LogP contribution in [0.2, 0.25) is 5.28 Å². The highest BCUT2D eigenvalue weighted by Crippen LogP contribution is 2.19. The van der Waals surface area contributed by atoms with Crippen molar-refractivity contribution in [1.29, 1.82) is 0 Å². The van der Waals surface area contributed by atoms with Gasteiger partial charge in [0.2, 0.25) is 11.2 Å². The van der Waals surface area contributed by atoms with Gasteiger partial charge in [0.05, 0.1) is 13.4 Å². The molecule has 0 unspecified atom stereocenters. The number of hydrogen-bond acceptors (Lipinski definition) is 6. The maximum Gasteiger partial charge on any atom is 0.226 e. The Morgan fingerprint density at radius 2 is 2.25 bits per heavy atom. The molecule has 0 aromatic carbocycles. The summed E-state index contributed by atoms with van der Waals surface area (Å²) in [5.41, 5.74) is 2.26. The van der Waals surface area contributed by atoms with E-state index in [0.29, 0.717) is 23.9 Å². The highest BCUT2D eigenvalue weighted by molar-refractivity contribution is 6.28. The first-order chi connectivity index (χ1) is 9.76. The molecule has 0 bridgehead atoms. The van der Waals surface area contributed by atoms with Crippen molar-refractivity contribution in [2.24, 2.45) is 0 Å². The number of aromatic amines is 1. The fourth-order valence-corrected chi connectivity index (χ4v) is 1.96. The van der Waals surface area contributed by atoms with E-state index in [-0.39, 0.29) is 5.28 Å². The molecule has 3 aromatic rings. The van der Waals surface area contributed by atoms with Crippen LogP contribution in [0, 0.1) is 0 Å². The van der Waals surface area contributed by atoms with Gasteiger partial charge in [0, 0.05) is 18.8 Å². The SMILES string of the molecule is COc1cc(CNc2nc(Cl)nc3nc[nH]c23)ccn1. The van der Waals surface area contributed by atoms with Crippen molar-refractivity contribution in [2.45, 2.75) is 6.54 Å². The van der Waals surface area contributed by atoms with Crippen LogP contribution in [0.3, 0.4) is 0 Å². The summed E-state index contributed by atoms with van der Waals surface area (Å²) in [6.07, 6.45) is 3.24. The minimum absolute atomic E-state index is 0.152. The van der Waals surface area contributed by atoms with Crippen molar-refractivity contribution in [1.82, 2.24) is 24.9 Å². The van der Waals surface area contributed by atoms with Gasteiger partial charge < -0.3 is 15.0 Å². The number of hydrogen-bond donors (Lipinski definition) is 2. The largest absolute Gasteiger partial charge is 0.481 e. The first-order valence-electron chi connectivity index (χ1n) is 5.85. The number of nitrogens with one attached hydrogen (secondary N) is 2. The number of nitrogens with zero attached hydrogens (tertiary/aromatic N) is 4. The summed E-state index contributed by atoms with van der Waals surface area (Å²) in [7, 11) is 1.58. The van der Waals surface area contributed by atoms with Crippen molar-refractivity contribution in [2.75, 3.05) is 12.4 Å². The number of pyridine rings is 1. The maximum atomic E-state index is 5.86. The molecule has 0 saturated heterocycles. The molecule has 0 aliphatic carbocycles. The number of rotatable bonds is 4. The number of H-pyrrole nitrogens is 1. The van der Waals surface area contributed by atoms with Crippen molar-refractivity contribution >= 4 is 28.6 Å². The Morgan fingerprint density at radius 1 is 1.35 bits per heavy atom. The first kappa shape index (κ1) is 12.6. The highest BCUT2D eigenvalue weighted by atomic mass is 35.5. The van der Waals surface area contributed by atoms with E-state index in [2.05, 4.69) is 30.2 Å². The third-order valence-corrected chi connectivity index (χ3v) is 2.90. The van der Waals surface area contributed by atoms with Crippen LogP contribution in [-0.4, -0.2) is 32.0 Å². The molecule has 3 heterocycles. The zero-order chi connectivity index (χ0) is 13.9. The molecule has 20 heavy (non-hydrogen) atoms. The molecule has 3 rings (SSSR count). The number of fused-ring (bicyclic) bond motifs is 1. The fraction of sp³-hybridized carbons (Fsp3) is 0.167. The van der Waals surface area contributed by atoms with Crippen molar-refractivity contribution in [3.05, 3.63) is 35.5 Å². The standard InChI is InChI=1S/C12H11ClN6O/c1-20-8-4-7(2-3-14-8)5-15-10-9-11(17-6-16-9)19-12(13)18-10/h2-4,6H,5H2,1H3,(H2,15,16,17,18,19). The van der Waals surface area contributed by atoms with Gasteiger partial charge in [0.15, 0.2) is 11.5 Å². The molecule has 0 fully saturated rings. The minimum atomic E-state index is 0.152. The van der Waals surface area contributed by atoms with Gasteiger partial charge >= 0.3 is 0 Å². The second kappa shape index (κ2) is 5.30. The van der Waals surface area contributed by atoms with Crippen LogP contribution in [0.1, 0.15) is 5.56 Å². The van der Waals surface area contributed by atoms with E-state index >= 15 is 0 Å². The molecule has 0 amide bonds. The van der Waals surface area contributed by atoms with Crippen LogP contribution >= 0.6 is 11.6 Å². The van der Waals surface area contributed by atoms with Gasteiger partial charge in [-0.25, -0.2) is 9.97 Å². The third kappa shape index (κ3) is 2.48. The molecule has 8 heteroatoms. The number of aromatic nitrogens is 5. The van der Waals surface area contributed by atoms with Gasteiger partial charge in [0.1, 0.15) is 5.52 Å². The zero-order valence-corrected chi connectivity index (χ0v) is 11.3. The Labute approximate surface area is 119 Å². The van der Waals surface area contributed by atoms with Crippen LogP contribution in [0.5, 0.6) is 5.88 Å². The van der Waals surface area contributed by atoms with Crippen LogP contribution in [-0.2, 0) is 6.54 Å². The molecule has 7 nitrogen and oxygen atoms in total. The van der Waals surface area contributed by atoms with Gasteiger partial charge in [0.25, 0.3) is 0 Å². The normalized spacial score (nSPS) is 10.7. The Hall–Kier alpha value is -2.41. The molecule has 0 aliphatic rings. The summed E-state index contributed by atoms with van der Waals surface area (Å²) in [5, 5.41) is 3.34. The number of anilines is 1. The molecule has 102 valence electrons. The minimum Gasteiger partial charge on any atom is -0.481 e. The van der Waals surface area contributed by atoms with Crippen LogP contribution in [0.4, 0.5) is 5.82 Å². The monoisotopic (exact) mass is 290 g/mol. The third-order valence-electron chi connectivity index (χ3n) is 2.73. The Bertz CT molecular complexity index is 744. The van der Waals surface area contributed by atoms with E-state index in [1.807, 2.05) is 12.1 Å². The van der Waals surface area contributed by atoms with E-state index in [9.17, 15) is 0 Å². The van der Waals surface area contributed by atoms with E-state index in [1.54, 1.807) is 19.6 Å². The highest BCUT2D eigenvalue weighted by Gasteiger charge is 2.08. The molecular weight excluding hydrogens is 280 g/mol. The summed E-state index contributed by atoms with van der Waals surface area (Å²) in [4.78, 5) is 19.3. The van der Waals surface area contributed by atoms with Gasteiger partial charge in [-0.3, -0.25) is 0 Å². The Balaban J connectivity index is 1.84.